The van der Waals surface area contributed by atoms with Crippen LogP contribution in [0.2, 0.25) is 0 Å². The number of likely N-dealkylation sites (N-methyl/N-ethyl adjacent to an activating group) is 1. The maximum absolute atomic E-state index is 13.6. The summed E-state index contributed by atoms with van der Waals surface area (Å²) in [6.45, 7) is 1.12. The number of hydrogen-bond donors (Lipinski definition) is 1. The Bertz CT molecular complexity index is 481. The van der Waals surface area contributed by atoms with E-state index in [1.54, 1.807) is 6.92 Å². The Kier molecular flexibility index (Phi) is 5.30. The molecular formula is C11H11BrF4N2O. The molecule has 106 valence electrons. The topological polar surface area (TPSA) is 46.3 Å². The number of nitrogens with zero attached hydrogens (tertiary/aromatic N) is 1. The van der Waals surface area contributed by atoms with E-state index in [4.69, 9.17) is 5.73 Å². The Morgan fingerprint density at radius 1 is 1.16 bits per heavy atom. The van der Waals surface area contributed by atoms with Gasteiger partial charge < -0.3 is 5.73 Å². The van der Waals surface area contributed by atoms with Gasteiger partial charge in [0.1, 0.15) is 0 Å². The van der Waals surface area contributed by atoms with Crippen molar-refractivity contribution < 1.29 is 22.4 Å². The van der Waals surface area contributed by atoms with Gasteiger partial charge in [0.15, 0.2) is 23.3 Å². The fourth-order valence-corrected chi connectivity index (χ4v) is 1.86. The fourth-order valence-electron chi connectivity index (χ4n) is 1.51. The highest BCUT2D eigenvalue weighted by atomic mass is 79.9. The summed E-state index contributed by atoms with van der Waals surface area (Å²) in [5.74, 6) is -6.71. The molecular weight excluding hydrogens is 332 g/mol. The third-order valence-electron chi connectivity index (χ3n) is 2.51. The minimum Gasteiger partial charge on any atom is -0.369 e. The van der Waals surface area contributed by atoms with E-state index >= 15 is 0 Å². The molecule has 8 heteroatoms. The van der Waals surface area contributed by atoms with E-state index in [-0.39, 0.29) is 13.1 Å². The smallest absolute Gasteiger partial charge is 0.231 e. The quantitative estimate of drug-likeness (QED) is 0.507. The second kappa shape index (κ2) is 6.33. The van der Waals surface area contributed by atoms with Crippen molar-refractivity contribution in [3.8, 4) is 0 Å². The molecule has 0 atom stereocenters. The first-order valence-corrected chi connectivity index (χ1v) is 6.09. The van der Waals surface area contributed by atoms with Crippen LogP contribution in [0.25, 0.3) is 0 Å². The number of primary amides is 1. The van der Waals surface area contributed by atoms with Gasteiger partial charge in [0.2, 0.25) is 5.91 Å². The van der Waals surface area contributed by atoms with Gasteiger partial charge in [-0.25, -0.2) is 17.6 Å². The Morgan fingerprint density at radius 2 is 1.63 bits per heavy atom. The molecule has 0 fully saturated rings. The molecule has 3 nitrogen and oxygen atoms in total. The van der Waals surface area contributed by atoms with Crippen molar-refractivity contribution in [1.29, 1.82) is 0 Å². The number of halogens is 5. The van der Waals surface area contributed by atoms with Crippen LogP contribution >= 0.6 is 15.9 Å². The summed E-state index contributed by atoms with van der Waals surface area (Å²) in [5, 5.41) is 0. The number of amides is 1. The zero-order chi connectivity index (χ0) is 14.7. The van der Waals surface area contributed by atoms with Crippen LogP contribution in [0.15, 0.2) is 4.47 Å². The average molecular weight is 343 g/mol. The third-order valence-corrected chi connectivity index (χ3v) is 3.21. The Morgan fingerprint density at radius 3 is 2.00 bits per heavy atom. The van der Waals surface area contributed by atoms with E-state index in [9.17, 15) is 22.4 Å². The van der Waals surface area contributed by atoms with Crippen LogP contribution in [0, 0.1) is 23.3 Å². The predicted molar refractivity (Wildman–Crippen MR) is 64.1 cm³/mol. The molecule has 0 aliphatic carbocycles. The standard InChI is InChI=1S/C11H11BrF4N2O/c1-2-18(4-6(17)19)3-5-8(13)10(15)7(12)11(16)9(5)14/h2-4H2,1H3,(H2,17,19). The maximum Gasteiger partial charge on any atom is 0.231 e. The molecule has 0 spiro atoms. The Hall–Kier alpha value is -1.15. The first kappa shape index (κ1) is 15.9. The Balaban J connectivity index is 3.17. The van der Waals surface area contributed by atoms with Crippen LogP contribution < -0.4 is 5.73 Å². The van der Waals surface area contributed by atoms with Crippen molar-refractivity contribution >= 4 is 21.8 Å². The molecule has 0 aromatic heterocycles. The first-order valence-electron chi connectivity index (χ1n) is 5.30. The number of nitrogens with two attached hydrogens (primary N) is 1. The molecule has 0 aliphatic rings. The molecule has 0 radical (unpaired) electrons. The molecule has 0 unspecified atom stereocenters. The summed E-state index contributed by atoms with van der Waals surface area (Å²) in [6, 6.07) is 0. The molecule has 1 amide bonds. The lowest BCUT2D eigenvalue weighted by molar-refractivity contribution is -0.119. The number of carbonyl (C=O) groups excluding carboxylic acids is 1. The summed E-state index contributed by atoms with van der Waals surface area (Å²) in [5.41, 5.74) is 4.18. The normalized spacial score (nSPS) is 11.1. The molecule has 0 saturated heterocycles. The number of hydrogen-bond acceptors (Lipinski definition) is 2. The zero-order valence-corrected chi connectivity index (χ0v) is 11.5. The second-order valence-electron chi connectivity index (χ2n) is 3.82. The van der Waals surface area contributed by atoms with Gasteiger partial charge >= 0.3 is 0 Å². The minimum absolute atomic E-state index is 0.237. The summed E-state index contributed by atoms with van der Waals surface area (Å²) in [6.07, 6.45) is 0. The molecule has 1 rings (SSSR count). The molecule has 19 heavy (non-hydrogen) atoms. The van der Waals surface area contributed by atoms with Gasteiger partial charge in [0, 0.05) is 12.1 Å². The van der Waals surface area contributed by atoms with Crippen LogP contribution in [-0.2, 0) is 11.3 Å². The Labute approximate surface area is 115 Å². The molecule has 1 aromatic rings. The lowest BCUT2D eigenvalue weighted by Gasteiger charge is -2.19. The van der Waals surface area contributed by atoms with Crippen LogP contribution in [0.3, 0.4) is 0 Å². The van der Waals surface area contributed by atoms with Crippen molar-refractivity contribution in [2.75, 3.05) is 13.1 Å². The molecule has 0 bridgehead atoms. The monoisotopic (exact) mass is 342 g/mol. The molecule has 0 aliphatic heterocycles. The van der Waals surface area contributed by atoms with Gasteiger partial charge in [0.05, 0.1) is 11.0 Å². The van der Waals surface area contributed by atoms with Crippen LogP contribution in [0.1, 0.15) is 12.5 Å². The van der Waals surface area contributed by atoms with Gasteiger partial charge in [-0.05, 0) is 22.5 Å². The number of carbonyl (C=O) groups is 1. The number of rotatable bonds is 5. The van der Waals surface area contributed by atoms with Crippen molar-refractivity contribution in [2.45, 2.75) is 13.5 Å². The molecule has 0 heterocycles. The molecule has 1 aromatic carbocycles. The molecule has 0 saturated carbocycles. The van der Waals surface area contributed by atoms with Gasteiger partial charge in [-0.1, -0.05) is 6.92 Å². The van der Waals surface area contributed by atoms with Gasteiger partial charge in [-0.2, -0.15) is 0 Å². The lowest BCUT2D eigenvalue weighted by atomic mass is 10.1. The largest absolute Gasteiger partial charge is 0.369 e. The van der Waals surface area contributed by atoms with Gasteiger partial charge in [-0.15, -0.1) is 0 Å². The van der Waals surface area contributed by atoms with Crippen LogP contribution in [0.5, 0.6) is 0 Å². The lowest BCUT2D eigenvalue weighted by Crippen LogP contribution is -2.34. The van der Waals surface area contributed by atoms with Crippen molar-refractivity contribution in [2.24, 2.45) is 5.73 Å². The minimum atomic E-state index is -1.51. The molecule has 2 N–H and O–H groups in total. The highest BCUT2D eigenvalue weighted by molar-refractivity contribution is 9.10. The van der Waals surface area contributed by atoms with E-state index in [1.807, 2.05) is 0 Å². The summed E-state index contributed by atoms with van der Waals surface area (Å²) in [4.78, 5) is 12.0. The van der Waals surface area contributed by atoms with E-state index in [2.05, 4.69) is 15.9 Å². The van der Waals surface area contributed by atoms with Crippen molar-refractivity contribution in [1.82, 2.24) is 4.90 Å². The van der Waals surface area contributed by atoms with Gasteiger partial charge in [-0.3, -0.25) is 9.69 Å². The highest BCUT2D eigenvalue weighted by Crippen LogP contribution is 2.28. The highest BCUT2D eigenvalue weighted by Gasteiger charge is 2.25. The van der Waals surface area contributed by atoms with Crippen molar-refractivity contribution in [3.05, 3.63) is 33.3 Å². The second-order valence-corrected chi connectivity index (χ2v) is 4.61. The summed E-state index contributed by atoms with van der Waals surface area (Å²) < 4.78 is 52.9. The van der Waals surface area contributed by atoms with E-state index in [1.165, 1.54) is 4.90 Å². The van der Waals surface area contributed by atoms with Crippen LogP contribution in [-0.4, -0.2) is 23.9 Å². The van der Waals surface area contributed by atoms with Crippen LogP contribution in [0.4, 0.5) is 17.6 Å². The van der Waals surface area contributed by atoms with E-state index in [0.29, 0.717) is 0 Å². The maximum atomic E-state index is 13.6. The fraction of sp³-hybridized carbons (Fsp3) is 0.364. The first-order chi connectivity index (χ1) is 8.79. The van der Waals surface area contributed by atoms with E-state index < -0.39 is 45.8 Å². The number of benzene rings is 1. The zero-order valence-electron chi connectivity index (χ0n) is 9.94. The summed E-state index contributed by atoms with van der Waals surface area (Å²) >= 11 is 2.42. The SMILES string of the molecule is CCN(CC(N)=O)Cc1c(F)c(F)c(Br)c(F)c1F. The van der Waals surface area contributed by atoms with E-state index in [0.717, 1.165) is 0 Å². The predicted octanol–water partition coefficient (Wildman–Crippen LogP) is 2.31. The summed E-state index contributed by atoms with van der Waals surface area (Å²) in [7, 11) is 0. The van der Waals surface area contributed by atoms with Crippen molar-refractivity contribution in [3.63, 3.8) is 0 Å². The third kappa shape index (κ3) is 3.44. The van der Waals surface area contributed by atoms with Gasteiger partial charge in [0.25, 0.3) is 0 Å². The average Bonchev–Trinajstić information content (AvgIpc) is 2.37.